The van der Waals surface area contributed by atoms with Crippen molar-refractivity contribution in [3.63, 3.8) is 0 Å². The van der Waals surface area contributed by atoms with Gasteiger partial charge in [0.1, 0.15) is 4.88 Å². The average Bonchev–Trinajstić information content (AvgIpc) is 3.29. The van der Waals surface area contributed by atoms with Gasteiger partial charge < -0.3 is 15.3 Å². The molecule has 188 valence electrons. The average molecular weight is 522 g/mol. The van der Waals surface area contributed by atoms with Crippen LogP contribution in [0.1, 0.15) is 51.8 Å². The Morgan fingerprint density at radius 1 is 1.11 bits per heavy atom. The van der Waals surface area contributed by atoms with Crippen molar-refractivity contribution in [3.8, 4) is 0 Å². The highest BCUT2D eigenvalue weighted by atomic mass is 35.5. The zero-order chi connectivity index (χ0) is 24.4. The summed E-state index contributed by atoms with van der Waals surface area (Å²) in [5.41, 5.74) is 3.26. The molecule has 3 atom stereocenters. The molecule has 5 rings (SSSR count). The second-order valence-electron chi connectivity index (χ2n) is 9.43. The lowest BCUT2D eigenvalue weighted by atomic mass is 9.80. The lowest BCUT2D eigenvalue weighted by Crippen LogP contribution is -2.43. The Bertz CT molecular complexity index is 1320. The Hall–Kier alpha value is -2.93. The Morgan fingerprint density at radius 3 is 2.58 bits per heavy atom. The molecule has 2 unspecified atom stereocenters. The van der Waals surface area contributed by atoms with Crippen molar-refractivity contribution >= 4 is 45.6 Å². The molecule has 0 radical (unpaired) electrons. The number of carboxylic acid groups (broad SMARTS) is 1. The number of nitrogens with zero attached hydrogens (tertiary/aromatic N) is 2. The van der Waals surface area contributed by atoms with Crippen LogP contribution in [0.5, 0.6) is 0 Å². The van der Waals surface area contributed by atoms with E-state index in [2.05, 4.69) is 94.9 Å². The highest BCUT2D eigenvalue weighted by Gasteiger charge is 2.32. The van der Waals surface area contributed by atoms with E-state index in [9.17, 15) is 9.90 Å². The molecule has 1 aromatic heterocycles. The normalized spacial score (nSPS) is 18.6. The predicted molar refractivity (Wildman–Crippen MR) is 151 cm³/mol. The van der Waals surface area contributed by atoms with Crippen molar-refractivity contribution in [2.45, 2.75) is 32.2 Å². The number of benzene rings is 3. The van der Waals surface area contributed by atoms with Gasteiger partial charge in [-0.3, -0.25) is 0 Å². The number of hydrogen-bond acceptors (Lipinski definition) is 5. The molecule has 5 nitrogen and oxygen atoms in total. The summed E-state index contributed by atoms with van der Waals surface area (Å²) in [6, 6.07) is 26.0. The highest BCUT2D eigenvalue weighted by Crippen LogP contribution is 2.37. The van der Waals surface area contributed by atoms with Crippen LogP contribution in [0.4, 0.5) is 5.13 Å². The van der Waals surface area contributed by atoms with Crippen LogP contribution in [0.3, 0.4) is 0 Å². The van der Waals surface area contributed by atoms with Crippen molar-refractivity contribution in [1.29, 1.82) is 0 Å². The first-order chi connectivity index (χ1) is 17.0. The first kappa shape index (κ1) is 26.1. The zero-order valence-corrected chi connectivity index (χ0v) is 22.2. The van der Waals surface area contributed by atoms with Gasteiger partial charge in [0.25, 0.3) is 0 Å². The molecule has 0 aliphatic carbocycles. The van der Waals surface area contributed by atoms with E-state index in [0.717, 1.165) is 31.2 Å². The summed E-state index contributed by atoms with van der Waals surface area (Å²) in [6.45, 7) is 6.67. The van der Waals surface area contributed by atoms with Gasteiger partial charge in [0.2, 0.25) is 0 Å². The number of nitrogens with one attached hydrogen (secondary N) is 1. The first-order valence-electron chi connectivity index (χ1n) is 12.2. The van der Waals surface area contributed by atoms with Crippen LogP contribution >= 0.6 is 23.7 Å². The SMILES string of the molecule is Cc1nc(N2CCC(CN[C@H](C)c3cccc4ccccc34)C(c3ccccc3)C2)sc1C(=O)O.Cl. The fourth-order valence-corrected chi connectivity index (χ4v) is 6.22. The van der Waals surface area contributed by atoms with Gasteiger partial charge in [-0.1, -0.05) is 84.1 Å². The quantitative estimate of drug-likeness (QED) is 0.284. The van der Waals surface area contributed by atoms with E-state index >= 15 is 0 Å². The number of aromatic carboxylic acids is 1. The fourth-order valence-electron chi connectivity index (χ4n) is 5.28. The van der Waals surface area contributed by atoms with Crippen LogP contribution in [0.2, 0.25) is 0 Å². The molecule has 2 heterocycles. The van der Waals surface area contributed by atoms with Crippen molar-refractivity contribution in [2.75, 3.05) is 24.5 Å². The lowest BCUT2D eigenvalue weighted by Gasteiger charge is -2.39. The third kappa shape index (κ3) is 5.41. The number of carbonyl (C=O) groups is 1. The third-order valence-electron chi connectivity index (χ3n) is 7.21. The Labute approximate surface area is 222 Å². The van der Waals surface area contributed by atoms with Crippen LogP contribution < -0.4 is 10.2 Å². The number of aromatic nitrogens is 1. The fraction of sp³-hybridized carbons (Fsp3) is 0.310. The van der Waals surface area contributed by atoms with Crippen LogP contribution in [0, 0.1) is 12.8 Å². The Morgan fingerprint density at radius 2 is 1.83 bits per heavy atom. The van der Waals surface area contributed by atoms with Gasteiger partial charge in [-0.05, 0) is 54.6 Å². The minimum Gasteiger partial charge on any atom is -0.477 e. The van der Waals surface area contributed by atoms with Gasteiger partial charge in [0.15, 0.2) is 5.13 Å². The van der Waals surface area contributed by atoms with Gasteiger partial charge in [-0.2, -0.15) is 0 Å². The Kier molecular flexibility index (Phi) is 8.29. The molecule has 1 aliphatic heterocycles. The summed E-state index contributed by atoms with van der Waals surface area (Å²) >= 11 is 1.29. The standard InChI is InChI=1S/C29H31N3O2S.ClH/c1-19(24-14-8-12-21-11-6-7-13-25(21)24)30-17-23-15-16-32(18-26(23)22-9-4-3-5-10-22)29-31-20(2)27(35-29)28(33)34;/h3-14,19,23,26,30H,15-18H2,1-2H3,(H,33,34);1H/t19-,23?,26?;/m1./s1. The zero-order valence-electron chi connectivity index (χ0n) is 20.6. The van der Waals surface area contributed by atoms with E-state index in [0.29, 0.717) is 22.4 Å². The molecule has 0 bridgehead atoms. The van der Waals surface area contributed by atoms with E-state index in [1.807, 2.05) is 0 Å². The minimum absolute atomic E-state index is 0. The van der Waals surface area contributed by atoms with E-state index in [1.165, 1.54) is 33.2 Å². The number of rotatable bonds is 7. The largest absolute Gasteiger partial charge is 0.477 e. The van der Waals surface area contributed by atoms with Crippen LogP contribution in [-0.2, 0) is 0 Å². The number of thiazole rings is 1. The second-order valence-corrected chi connectivity index (χ2v) is 10.4. The van der Waals surface area contributed by atoms with Gasteiger partial charge >= 0.3 is 5.97 Å². The molecule has 7 heteroatoms. The van der Waals surface area contributed by atoms with E-state index < -0.39 is 5.97 Å². The maximum atomic E-state index is 11.5. The maximum absolute atomic E-state index is 11.5. The molecule has 0 spiro atoms. The van der Waals surface area contributed by atoms with Crippen LogP contribution in [0.25, 0.3) is 10.8 Å². The van der Waals surface area contributed by atoms with Gasteiger partial charge in [0, 0.05) is 25.0 Å². The van der Waals surface area contributed by atoms with E-state index in [1.54, 1.807) is 6.92 Å². The van der Waals surface area contributed by atoms with Crippen molar-refractivity contribution in [2.24, 2.45) is 5.92 Å². The van der Waals surface area contributed by atoms with Gasteiger partial charge in [-0.25, -0.2) is 9.78 Å². The number of hydrogen-bond donors (Lipinski definition) is 2. The summed E-state index contributed by atoms with van der Waals surface area (Å²) in [6.07, 6.45) is 1.02. The highest BCUT2D eigenvalue weighted by molar-refractivity contribution is 7.17. The molecule has 1 saturated heterocycles. The summed E-state index contributed by atoms with van der Waals surface area (Å²) in [7, 11) is 0. The molecule has 36 heavy (non-hydrogen) atoms. The number of aryl methyl sites for hydroxylation is 1. The molecule has 3 aromatic carbocycles. The molecule has 0 amide bonds. The second kappa shape index (κ2) is 11.4. The van der Waals surface area contributed by atoms with E-state index in [4.69, 9.17) is 0 Å². The molecule has 1 aliphatic rings. The number of piperidine rings is 1. The predicted octanol–water partition coefficient (Wildman–Crippen LogP) is 6.69. The monoisotopic (exact) mass is 521 g/mol. The minimum atomic E-state index is -0.896. The molecule has 2 N–H and O–H groups in total. The van der Waals surface area contributed by atoms with Crippen molar-refractivity contribution < 1.29 is 9.90 Å². The van der Waals surface area contributed by atoms with Gasteiger partial charge in [0.05, 0.1) is 5.69 Å². The van der Waals surface area contributed by atoms with E-state index in [-0.39, 0.29) is 18.4 Å². The van der Waals surface area contributed by atoms with Crippen molar-refractivity contribution in [3.05, 3.63) is 94.5 Å². The summed E-state index contributed by atoms with van der Waals surface area (Å²) in [5.74, 6) is -0.0758. The summed E-state index contributed by atoms with van der Waals surface area (Å²) in [4.78, 5) is 18.8. The Balaban J connectivity index is 0.00000304. The number of halogens is 1. The van der Waals surface area contributed by atoms with Crippen LogP contribution in [-0.4, -0.2) is 35.7 Å². The third-order valence-corrected chi connectivity index (χ3v) is 8.42. The first-order valence-corrected chi connectivity index (χ1v) is 13.0. The topological polar surface area (TPSA) is 65.5 Å². The number of carboxylic acids is 1. The number of anilines is 1. The summed E-state index contributed by atoms with van der Waals surface area (Å²) in [5, 5.41) is 16.7. The molecular weight excluding hydrogens is 490 g/mol. The summed E-state index contributed by atoms with van der Waals surface area (Å²) < 4.78 is 0. The van der Waals surface area contributed by atoms with Crippen molar-refractivity contribution in [1.82, 2.24) is 10.3 Å². The van der Waals surface area contributed by atoms with Crippen LogP contribution in [0.15, 0.2) is 72.8 Å². The molecule has 0 saturated carbocycles. The lowest BCUT2D eigenvalue weighted by molar-refractivity contribution is 0.0701. The molecule has 4 aromatic rings. The molecule has 1 fully saturated rings. The molecular formula is C29H32ClN3O2S. The number of fused-ring (bicyclic) bond motifs is 1. The smallest absolute Gasteiger partial charge is 0.347 e. The van der Waals surface area contributed by atoms with Gasteiger partial charge in [-0.15, -0.1) is 12.4 Å². The maximum Gasteiger partial charge on any atom is 0.347 e.